The summed E-state index contributed by atoms with van der Waals surface area (Å²) in [5.41, 5.74) is -1.37. The van der Waals surface area contributed by atoms with Gasteiger partial charge in [-0.1, -0.05) is 0 Å². The Morgan fingerprint density at radius 1 is 1.27 bits per heavy atom. The summed E-state index contributed by atoms with van der Waals surface area (Å²) >= 11 is 0. The zero-order valence-corrected chi connectivity index (χ0v) is 5.55. The first-order valence-corrected chi connectivity index (χ1v) is 3.09. The molecule has 11 heavy (non-hydrogen) atoms. The Morgan fingerprint density at radius 2 is 2.09 bits per heavy atom. The SMILES string of the molecule is OC1(O)CN=NC12C=CN=N2. The van der Waals surface area contributed by atoms with Gasteiger partial charge in [-0.15, -0.1) is 5.11 Å². The summed E-state index contributed by atoms with van der Waals surface area (Å²) in [4.78, 5) is 0. The van der Waals surface area contributed by atoms with Crippen LogP contribution >= 0.6 is 0 Å². The number of hydrogen-bond acceptors (Lipinski definition) is 6. The van der Waals surface area contributed by atoms with Crippen LogP contribution in [0.15, 0.2) is 32.7 Å². The van der Waals surface area contributed by atoms with E-state index in [1.807, 2.05) is 0 Å². The summed E-state index contributed by atoms with van der Waals surface area (Å²) in [6, 6.07) is 0. The van der Waals surface area contributed by atoms with Crippen molar-refractivity contribution >= 4 is 0 Å². The van der Waals surface area contributed by atoms with E-state index < -0.39 is 11.4 Å². The Balaban J connectivity index is 2.45. The summed E-state index contributed by atoms with van der Waals surface area (Å²) in [5.74, 6) is -2.01. The van der Waals surface area contributed by atoms with E-state index in [9.17, 15) is 10.2 Å². The molecule has 0 saturated carbocycles. The fraction of sp³-hybridized carbons (Fsp3) is 0.600. The lowest BCUT2D eigenvalue weighted by Crippen LogP contribution is -2.48. The van der Waals surface area contributed by atoms with E-state index in [1.165, 1.54) is 12.3 Å². The minimum atomic E-state index is -2.01. The van der Waals surface area contributed by atoms with Gasteiger partial charge in [-0.3, -0.25) is 0 Å². The van der Waals surface area contributed by atoms with Crippen LogP contribution in [0.2, 0.25) is 0 Å². The summed E-state index contributed by atoms with van der Waals surface area (Å²) in [6.45, 7) is -0.156. The van der Waals surface area contributed by atoms with Crippen molar-refractivity contribution in [2.45, 2.75) is 11.4 Å². The van der Waals surface area contributed by atoms with E-state index in [-0.39, 0.29) is 6.54 Å². The van der Waals surface area contributed by atoms with Crippen molar-refractivity contribution in [3.8, 4) is 0 Å². The van der Waals surface area contributed by atoms with Crippen molar-refractivity contribution in [3.63, 3.8) is 0 Å². The monoisotopic (exact) mass is 154 g/mol. The molecule has 0 aromatic carbocycles. The largest absolute Gasteiger partial charge is 0.360 e. The van der Waals surface area contributed by atoms with Crippen LogP contribution < -0.4 is 0 Å². The maximum Gasteiger partial charge on any atom is 0.265 e. The highest BCUT2D eigenvalue weighted by molar-refractivity contribution is 5.17. The third-order valence-electron chi connectivity index (χ3n) is 1.69. The molecule has 6 nitrogen and oxygen atoms in total. The molecule has 0 amide bonds. The van der Waals surface area contributed by atoms with E-state index in [0.29, 0.717) is 0 Å². The first-order valence-electron chi connectivity index (χ1n) is 3.09. The maximum absolute atomic E-state index is 9.31. The lowest BCUT2D eigenvalue weighted by Gasteiger charge is -2.24. The smallest absolute Gasteiger partial charge is 0.265 e. The summed E-state index contributed by atoms with van der Waals surface area (Å²) in [7, 11) is 0. The molecular formula is C5H6N4O2. The Hall–Kier alpha value is -1.14. The van der Waals surface area contributed by atoms with Gasteiger partial charge in [0.2, 0.25) is 5.79 Å². The van der Waals surface area contributed by atoms with Crippen molar-refractivity contribution in [1.29, 1.82) is 0 Å². The summed E-state index contributed by atoms with van der Waals surface area (Å²) < 4.78 is 0. The van der Waals surface area contributed by atoms with Gasteiger partial charge in [-0.25, -0.2) is 0 Å². The fourth-order valence-corrected chi connectivity index (χ4v) is 0.997. The molecule has 0 aromatic heterocycles. The highest BCUT2D eigenvalue weighted by Crippen LogP contribution is 2.36. The topological polar surface area (TPSA) is 89.9 Å². The third-order valence-corrected chi connectivity index (χ3v) is 1.69. The molecule has 58 valence electrons. The molecule has 0 aliphatic carbocycles. The predicted octanol–water partition coefficient (Wildman–Crippen LogP) is -0.191. The van der Waals surface area contributed by atoms with Crippen LogP contribution in [0.1, 0.15) is 0 Å². The lowest BCUT2D eigenvalue weighted by atomic mass is 10.0. The van der Waals surface area contributed by atoms with E-state index in [4.69, 9.17) is 0 Å². The van der Waals surface area contributed by atoms with Gasteiger partial charge in [-0.05, 0) is 6.08 Å². The molecule has 2 aliphatic rings. The molecule has 0 radical (unpaired) electrons. The molecule has 0 fully saturated rings. The minimum Gasteiger partial charge on any atom is -0.360 e. The second kappa shape index (κ2) is 1.72. The Morgan fingerprint density at radius 3 is 2.55 bits per heavy atom. The van der Waals surface area contributed by atoms with Crippen LogP contribution in [-0.2, 0) is 0 Å². The van der Waals surface area contributed by atoms with Crippen LogP contribution in [0.3, 0.4) is 0 Å². The average molecular weight is 154 g/mol. The van der Waals surface area contributed by atoms with Gasteiger partial charge in [0.05, 0.1) is 0 Å². The van der Waals surface area contributed by atoms with E-state index >= 15 is 0 Å². The van der Waals surface area contributed by atoms with Gasteiger partial charge in [0.25, 0.3) is 5.66 Å². The molecule has 1 atom stereocenters. The molecule has 6 heteroatoms. The Labute approximate surface area is 62.0 Å². The van der Waals surface area contributed by atoms with Crippen molar-refractivity contribution in [3.05, 3.63) is 12.3 Å². The minimum absolute atomic E-state index is 0.156. The Bertz CT molecular complexity index is 256. The first-order chi connectivity index (χ1) is 5.16. The lowest BCUT2D eigenvalue weighted by molar-refractivity contribution is -0.174. The molecule has 2 aliphatic heterocycles. The number of aliphatic hydroxyl groups is 2. The normalized spacial score (nSPS) is 37.6. The average Bonchev–Trinajstić information content (AvgIpc) is 2.45. The highest BCUT2D eigenvalue weighted by Gasteiger charge is 2.54. The van der Waals surface area contributed by atoms with Crippen LogP contribution in [-0.4, -0.2) is 28.2 Å². The Kier molecular flexibility index (Phi) is 1.02. The van der Waals surface area contributed by atoms with Crippen LogP contribution in [0.4, 0.5) is 0 Å². The van der Waals surface area contributed by atoms with Gasteiger partial charge in [0.1, 0.15) is 6.54 Å². The van der Waals surface area contributed by atoms with Crippen LogP contribution in [0.5, 0.6) is 0 Å². The summed E-state index contributed by atoms with van der Waals surface area (Å²) in [5, 5.41) is 32.8. The van der Waals surface area contributed by atoms with Gasteiger partial charge in [-0.2, -0.15) is 15.3 Å². The standard InChI is InChI=1S/C5H6N4O2/c10-5(11)3-7-9-4(5)1-2-6-8-4/h1-2,10-11H,3H2. The molecule has 0 bridgehead atoms. The molecule has 2 N–H and O–H groups in total. The van der Waals surface area contributed by atoms with Crippen molar-refractivity contribution < 1.29 is 10.2 Å². The zero-order chi connectivity index (χ0) is 7.95. The van der Waals surface area contributed by atoms with Crippen molar-refractivity contribution in [2.75, 3.05) is 6.54 Å². The third kappa shape index (κ3) is 0.675. The number of nitrogens with zero attached hydrogens (tertiary/aromatic N) is 4. The quantitative estimate of drug-likeness (QED) is 0.473. The van der Waals surface area contributed by atoms with Crippen LogP contribution in [0, 0.1) is 0 Å². The molecule has 2 heterocycles. The molecule has 0 saturated heterocycles. The molecule has 1 spiro atoms. The zero-order valence-electron chi connectivity index (χ0n) is 5.55. The molecule has 2 rings (SSSR count). The second-order valence-corrected chi connectivity index (χ2v) is 2.47. The highest BCUT2D eigenvalue weighted by atomic mass is 16.5. The fourth-order valence-electron chi connectivity index (χ4n) is 0.997. The molecule has 1 unspecified atom stereocenters. The van der Waals surface area contributed by atoms with E-state index in [2.05, 4.69) is 20.5 Å². The summed E-state index contributed by atoms with van der Waals surface area (Å²) in [6.07, 6.45) is 2.77. The molecular weight excluding hydrogens is 148 g/mol. The number of hydrogen-bond donors (Lipinski definition) is 2. The van der Waals surface area contributed by atoms with Crippen molar-refractivity contribution in [2.24, 2.45) is 20.5 Å². The first kappa shape index (κ1) is 6.56. The predicted molar refractivity (Wildman–Crippen MR) is 33.6 cm³/mol. The number of rotatable bonds is 0. The molecule has 0 aromatic rings. The van der Waals surface area contributed by atoms with E-state index in [1.54, 1.807) is 0 Å². The van der Waals surface area contributed by atoms with Crippen LogP contribution in [0.25, 0.3) is 0 Å². The maximum atomic E-state index is 9.31. The van der Waals surface area contributed by atoms with Crippen molar-refractivity contribution in [1.82, 2.24) is 0 Å². The van der Waals surface area contributed by atoms with Gasteiger partial charge in [0, 0.05) is 6.20 Å². The number of azo groups is 2. The van der Waals surface area contributed by atoms with Gasteiger partial charge >= 0.3 is 0 Å². The van der Waals surface area contributed by atoms with E-state index in [0.717, 1.165) is 0 Å². The van der Waals surface area contributed by atoms with Gasteiger partial charge in [0.15, 0.2) is 0 Å². The second-order valence-electron chi connectivity index (χ2n) is 2.47. The van der Waals surface area contributed by atoms with Gasteiger partial charge < -0.3 is 10.2 Å².